The fourth-order valence-corrected chi connectivity index (χ4v) is 2.30. The number of carboxylic acids is 1. The van der Waals surface area contributed by atoms with Gasteiger partial charge in [-0.05, 0) is 19.8 Å². The van der Waals surface area contributed by atoms with Gasteiger partial charge in [0.1, 0.15) is 5.76 Å². The third kappa shape index (κ3) is 3.17. The summed E-state index contributed by atoms with van der Waals surface area (Å²) in [6, 6.07) is 0. The van der Waals surface area contributed by atoms with Gasteiger partial charge in [-0.15, -0.1) is 0 Å². The zero-order chi connectivity index (χ0) is 15.8. The molecule has 9 heteroatoms. The van der Waals surface area contributed by atoms with Crippen LogP contribution in [-0.4, -0.2) is 46.1 Å². The topological polar surface area (TPSA) is 83.6 Å². The Morgan fingerprint density at radius 3 is 2.33 bits per heavy atom. The van der Waals surface area contributed by atoms with Gasteiger partial charge in [0.25, 0.3) is 0 Å². The summed E-state index contributed by atoms with van der Waals surface area (Å²) in [5.74, 6) is -2.99. The zero-order valence-corrected chi connectivity index (χ0v) is 11.1. The van der Waals surface area contributed by atoms with E-state index in [9.17, 15) is 22.8 Å². The molecule has 0 radical (unpaired) electrons. The van der Waals surface area contributed by atoms with E-state index < -0.39 is 18.1 Å². The average molecular weight is 306 g/mol. The first-order valence-corrected chi connectivity index (χ1v) is 6.27. The average Bonchev–Trinajstić information content (AvgIpc) is 2.79. The number of likely N-dealkylation sites (tertiary alicyclic amines) is 1. The number of aromatic nitrogens is 1. The van der Waals surface area contributed by atoms with Crippen molar-refractivity contribution in [3.05, 3.63) is 17.3 Å². The molecular formula is C12H13F3N2O4. The predicted molar refractivity (Wildman–Crippen MR) is 62.8 cm³/mol. The molecule has 1 aliphatic heterocycles. The molecule has 1 saturated heterocycles. The van der Waals surface area contributed by atoms with Crippen LogP contribution in [0.25, 0.3) is 0 Å². The number of nitrogens with zero attached hydrogens (tertiary/aromatic N) is 2. The van der Waals surface area contributed by atoms with Gasteiger partial charge in [0, 0.05) is 19.0 Å². The molecule has 0 aliphatic carbocycles. The molecule has 116 valence electrons. The summed E-state index contributed by atoms with van der Waals surface area (Å²) in [5, 5.41) is 8.88. The van der Waals surface area contributed by atoms with Crippen LogP contribution in [0.3, 0.4) is 0 Å². The predicted octanol–water partition coefficient (Wildman–Crippen LogP) is 1.95. The van der Waals surface area contributed by atoms with Crippen molar-refractivity contribution in [2.45, 2.75) is 31.9 Å². The summed E-state index contributed by atoms with van der Waals surface area (Å²) in [5.41, 5.74) is -0.196. The smallest absolute Gasteiger partial charge is 0.471 e. The Morgan fingerprint density at radius 2 is 1.90 bits per heavy atom. The maximum atomic E-state index is 12.3. The van der Waals surface area contributed by atoms with Crippen LogP contribution in [0.1, 0.15) is 40.9 Å². The van der Waals surface area contributed by atoms with E-state index in [-0.39, 0.29) is 49.2 Å². The number of rotatable bonds is 2. The number of carbonyl (C=O) groups is 2. The van der Waals surface area contributed by atoms with Crippen molar-refractivity contribution in [3.8, 4) is 0 Å². The number of halogens is 3. The minimum absolute atomic E-state index is 0.0627. The fraction of sp³-hybridized carbons (Fsp3) is 0.583. The van der Waals surface area contributed by atoms with Crippen LogP contribution in [-0.2, 0) is 4.79 Å². The van der Waals surface area contributed by atoms with Gasteiger partial charge in [-0.2, -0.15) is 13.2 Å². The van der Waals surface area contributed by atoms with E-state index in [4.69, 9.17) is 9.52 Å². The number of alkyl halides is 3. The first kappa shape index (κ1) is 15.3. The normalized spacial score (nSPS) is 17.0. The van der Waals surface area contributed by atoms with Crippen molar-refractivity contribution in [1.29, 1.82) is 0 Å². The molecule has 0 spiro atoms. The molecule has 0 saturated carbocycles. The Hall–Kier alpha value is -2.06. The molecule has 0 unspecified atom stereocenters. The summed E-state index contributed by atoms with van der Waals surface area (Å²) >= 11 is 0. The Labute approximate surface area is 117 Å². The molecular weight excluding hydrogens is 293 g/mol. The fourth-order valence-electron chi connectivity index (χ4n) is 2.30. The Kier molecular flexibility index (Phi) is 3.93. The Balaban J connectivity index is 2.03. The van der Waals surface area contributed by atoms with Crippen molar-refractivity contribution in [3.63, 3.8) is 0 Å². The molecule has 21 heavy (non-hydrogen) atoms. The molecule has 6 nitrogen and oxygen atoms in total. The van der Waals surface area contributed by atoms with Crippen LogP contribution in [0.5, 0.6) is 0 Å². The number of piperidine rings is 1. The van der Waals surface area contributed by atoms with E-state index >= 15 is 0 Å². The molecule has 1 aliphatic rings. The van der Waals surface area contributed by atoms with E-state index in [1.807, 2.05) is 0 Å². The molecule has 1 aromatic heterocycles. The zero-order valence-electron chi connectivity index (χ0n) is 11.1. The second-order valence-corrected chi connectivity index (χ2v) is 4.83. The van der Waals surface area contributed by atoms with E-state index in [1.165, 1.54) is 6.92 Å². The standard InChI is InChI=1S/C12H13F3N2O4/c1-6-8(10(18)19)16-9(21-6)7-2-4-17(5-3-7)11(20)12(13,14)15/h7H,2-5H2,1H3,(H,18,19). The molecule has 2 rings (SSSR count). The Morgan fingerprint density at radius 1 is 1.33 bits per heavy atom. The highest BCUT2D eigenvalue weighted by Gasteiger charge is 2.43. The highest BCUT2D eigenvalue weighted by Crippen LogP contribution is 2.30. The third-order valence-corrected chi connectivity index (χ3v) is 3.39. The van der Waals surface area contributed by atoms with Gasteiger partial charge in [0.15, 0.2) is 11.6 Å². The van der Waals surface area contributed by atoms with Crippen LogP contribution in [0.15, 0.2) is 4.42 Å². The number of hydrogen-bond donors (Lipinski definition) is 1. The second kappa shape index (κ2) is 5.38. The van der Waals surface area contributed by atoms with Gasteiger partial charge in [0.05, 0.1) is 0 Å². The maximum absolute atomic E-state index is 12.3. The first-order chi connectivity index (χ1) is 9.70. The summed E-state index contributed by atoms with van der Waals surface area (Å²) in [6.45, 7) is 1.34. The van der Waals surface area contributed by atoms with Gasteiger partial charge in [-0.1, -0.05) is 0 Å². The quantitative estimate of drug-likeness (QED) is 0.903. The number of amides is 1. The van der Waals surface area contributed by atoms with Crippen molar-refractivity contribution in [2.24, 2.45) is 0 Å². The van der Waals surface area contributed by atoms with Crippen molar-refractivity contribution < 1.29 is 32.3 Å². The van der Waals surface area contributed by atoms with Gasteiger partial charge in [-0.3, -0.25) is 4.79 Å². The van der Waals surface area contributed by atoms with Gasteiger partial charge in [-0.25, -0.2) is 9.78 Å². The van der Waals surface area contributed by atoms with Crippen molar-refractivity contribution in [1.82, 2.24) is 9.88 Å². The van der Waals surface area contributed by atoms with Crippen molar-refractivity contribution in [2.75, 3.05) is 13.1 Å². The SMILES string of the molecule is Cc1oc(C2CCN(C(=O)C(F)(F)F)CC2)nc1C(=O)O. The van der Waals surface area contributed by atoms with Crippen molar-refractivity contribution >= 4 is 11.9 Å². The summed E-state index contributed by atoms with van der Waals surface area (Å²) in [7, 11) is 0. The summed E-state index contributed by atoms with van der Waals surface area (Å²) in [4.78, 5) is 26.6. The Bertz CT molecular complexity index is 559. The number of aryl methyl sites for hydroxylation is 1. The molecule has 1 aromatic rings. The highest BCUT2D eigenvalue weighted by molar-refractivity contribution is 5.86. The van der Waals surface area contributed by atoms with E-state index in [2.05, 4.69) is 4.98 Å². The number of carboxylic acid groups (broad SMARTS) is 1. The van der Waals surface area contributed by atoms with Crippen LogP contribution >= 0.6 is 0 Å². The van der Waals surface area contributed by atoms with E-state index in [1.54, 1.807) is 0 Å². The van der Waals surface area contributed by atoms with Crippen LogP contribution in [0, 0.1) is 6.92 Å². The molecule has 0 aromatic carbocycles. The van der Waals surface area contributed by atoms with Crippen LogP contribution in [0.4, 0.5) is 13.2 Å². The largest absolute Gasteiger partial charge is 0.476 e. The van der Waals surface area contributed by atoms with Gasteiger partial charge in [0.2, 0.25) is 0 Å². The lowest BCUT2D eigenvalue weighted by molar-refractivity contribution is -0.186. The number of carbonyl (C=O) groups excluding carboxylic acids is 1. The van der Waals surface area contributed by atoms with Gasteiger partial charge < -0.3 is 14.4 Å². The summed E-state index contributed by atoms with van der Waals surface area (Å²) < 4.78 is 42.2. The lowest BCUT2D eigenvalue weighted by atomic mass is 9.96. The highest BCUT2D eigenvalue weighted by atomic mass is 19.4. The minimum Gasteiger partial charge on any atom is -0.476 e. The van der Waals surface area contributed by atoms with Gasteiger partial charge >= 0.3 is 18.1 Å². The van der Waals surface area contributed by atoms with Crippen LogP contribution < -0.4 is 0 Å². The van der Waals surface area contributed by atoms with E-state index in [0.717, 1.165) is 4.90 Å². The molecule has 1 amide bonds. The molecule has 1 fully saturated rings. The third-order valence-electron chi connectivity index (χ3n) is 3.39. The maximum Gasteiger partial charge on any atom is 0.471 e. The monoisotopic (exact) mass is 306 g/mol. The second-order valence-electron chi connectivity index (χ2n) is 4.83. The first-order valence-electron chi connectivity index (χ1n) is 6.27. The molecule has 0 atom stereocenters. The number of oxazole rings is 1. The van der Waals surface area contributed by atoms with Crippen LogP contribution in [0.2, 0.25) is 0 Å². The molecule has 2 heterocycles. The molecule has 0 bridgehead atoms. The lowest BCUT2D eigenvalue weighted by Gasteiger charge is -2.30. The van der Waals surface area contributed by atoms with E-state index in [0.29, 0.717) is 0 Å². The lowest BCUT2D eigenvalue weighted by Crippen LogP contribution is -2.45. The molecule has 1 N–H and O–H groups in total. The summed E-state index contributed by atoms with van der Waals surface area (Å²) in [6.07, 6.45) is -4.37. The number of aromatic carboxylic acids is 1. The number of hydrogen-bond acceptors (Lipinski definition) is 4. The minimum atomic E-state index is -4.87.